The van der Waals surface area contributed by atoms with E-state index in [2.05, 4.69) is 62.5 Å². The molecule has 0 aliphatic carbocycles. The van der Waals surface area contributed by atoms with Crippen LogP contribution in [0.4, 0.5) is 5.82 Å². The van der Waals surface area contributed by atoms with Crippen molar-refractivity contribution in [2.45, 2.75) is 59.4 Å². The molecule has 31 heavy (non-hydrogen) atoms. The van der Waals surface area contributed by atoms with Gasteiger partial charge in [0.25, 0.3) is 0 Å². The standard InChI is InChI=1S/C26H32N4O/c1-16-7-6-8-22(13-16)18(3)27-26-24-15-23(17(2)14-25(24)28-19(4)29-26)21-9-11-30(12-10-21)20(5)31/h6-8,13-15,18,21H,9-12H2,1-5H3,(H,27,28,29)/t18-/m1/s1. The maximum absolute atomic E-state index is 11.7. The largest absolute Gasteiger partial charge is 0.363 e. The second-order valence-corrected chi connectivity index (χ2v) is 8.91. The van der Waals surface area contributed by atoms with E-state index in [-0.39, 0.29) is 11.9 Å². The van der Waals surface area contributed by atoms with Crippen LogP contribution < -0.4 is 5.32 Å². The van der Waals surface area contributed by atoms with E-state index >= 15 is 0 Å². The number of anilines is 1. The van der Waals surface area contributed by atoms with Gasteiger partial charge in [0.05, 0.1) is 5.52 Å². The van der Waals surface area contributed by atoms with Gasteiger partial charge in [-0.05, 0) is 75.3 Å². The molecule has 1 atom stereocenters. The highest BCUT2D eigenvalue weighted by Crippen LogP contribution is 2.35. The summed E-state index contributed by atoms with van der Waals surface area (Å²) >= 11 is 0. The van der Waals surface area contributed by atoms with E-state index < -0.39 is 0 Å². The SMILES string of the molecule is CC(=O)N1CCC(c2cc3c(N[C@H](C)c4cccc(C)c4)nc(C)nc3cc2C)CC1. The lowest BCUT2D eigenvalue weighted by Crippen LogP contribution is -2.36. The first-order valence-corrected chi connectivity index (χ1v) is 11.2. The summed E-state index contributed by atoms with van der Waals surface area (Å²) < 4.78 is 0. The van der Waals surface area contributed by atoms with Gasteiger partial charge in [-0.2, -0.15) is 0 Å². The van der Waals surface area contributed by atoms with Crippen molar-refractivity contribution in [1.82, 2.24) is 14.9 Å². The molecule has 0 bridgehead atoms. The Morgan fingerprint density at radius 1 is 1.10 bits per heavy atom. The molecule has 162 valence electrons. The average Bonchev–Trinajstić information content (AvgIpc) is 2.73. The van der Waals surface area contributed by atoms with Crippen molar-refractivity contribution in [1.29, 1.82) is 0 Å². The molecule has 0 radical (unpaired) electrons. The molecule has 0 unspecified atom stereocenters. The van der Waals surface area contributed by atoms with Crippen LogP contribution in [0.2, 0.25) is 0 Å². The highest BCUT2D eigenvalue weighted by molar-refractivity contribution is 5.90. The van der Waals surface area contributed by atoms with Crippen LogP contribution in [0, 0.1) is 20.8 Å². The summed E-state index contributed by atoms with van der Waals surface area (Å²) in [6, 6.07) is 13.2. The van der Waals surface area contributed by atoms with Crippen LogP contribution in [0.5, 0.6) is 0 Å². The van der Waals surface area contributed by atoms with Crippen molar-refractivity contribution in [3.8, 4) is 0 Å². The Labute approximate surface area is 184 Å². The van der Waals surface area contributed by atoms with Crippen molar-refractivity contribution in [3.05, 3.63) is 64.5 Å². The first kappa shape index (κ1) is 21.3. The third-order valence-corrected chi connectivity index (χ3v) is 6.47. The molecule has 1 aliphatic heterocycles. The lowest BCUT2D eigenvalue weighted by molar-refractivity contribution is -0.129. The minimum Gasteiger partial charge on any atom is -0.363 e. The number of likely N-dealkylation sites (tertiary alicyclic amines) is 1. The lowest BCUT2D eigenvalue weighted by Gasteiger charge is -2.32. The van der Waals surface area contributed by atoms with E-state index in [9.17, 15) is 4.79 Å². The van der Waals surface area contributed by atoms with E-state index in [4.69, 9.17) is 9.97 Å². The molecule has 5 nitrogen and oxygen atoms in total. The first-order chi connectivity index (χ1) is 14.8. The molecule has 1 saturated heterocycles. The van der Waals surface area contributed by atoms with Gasteiger partial charge in [-0.25, -0.2) is 9.97 Å². The molecule has 2 aromatic carbocycles. The van der Waals surface area contributed by atoms with Gasteiger partial charge in [0.15, 0.2) is 0 Å². The Morgan fingerprint density at radius 3 is 2.52 bits per heavy atom. The van der Waals surface area contributed by atoms with Crippen LogP contribution in [0.3, 0.4) is 0 Å². The molecule has 5 heteroatoms. The van der Waals surface area contributed by atoms with Gasteiger partial charge in [0.1, 0.15) is 11.6 Å². The monoisotopic (exact) mass is 416 g/mol. The Hall–Kier alpha value is -2.95. The molecule has 1 aliphatic rings. The highest BCUT2D eigenvalue weighted by atomic mass is 16.2. The fourth-order valence-electron chi connectivity index (χ4n) is 4.70. The van der Waals surface area contributed by atoms with Gasteiger partial charge in [0, 0.05) is 31.4 Å². The van der Waals surface area contributed by atoms with Crippen molar-refractivity contribution >= 4 is 22.6 Å². The lowest BCUT2D eigenvalue weighted by atomic mass is 9.86. The summed E-state index contributed by atoms with van der Waals surface area (Å²) in [7, 11) is 0. The number of hydrogen-bond donors (Lipinski definition) is 1. The molecule has 4 rings (SSSR count). The zero-order chi connectivity index (χ0) is 22.1. The minimum atomic E-state index is 0.140. The van der Waals surface area contributed by atoms with Gasteiger partial charge < -0.3 is 10.2 Å². The molecule has 0 spiro atoms. The number of aryl methyl sites for hydroxylation is 3. The van der Waals surface area contributed by atoms with Crippen LogP contribution >= 0.6 is 0 Å². The maximum Gasteiger partial charge on any atom is 0.219 e. The van der Waals surface area contributed by atoms with Gasteiger partial charge in [-0.1, -0.05) is 29.8 Å². The summed E-state index contributed by atoms with van der Waals surface area (Å²) in [6.45, 7) is 11.7. The quantitative estimate of drug-likeness (QED) is 0.614. The first-order valence-electron chi connectivity index (χ1n) is 11.2. The number of rotatable bonds is 4. The van der Waals surface area contributed by atoms with E-state index in [0.717, 1.165) is 48.5 Å². The molecule has 2 heterocycles. The zero-order valence-electron chi connectivity index (χ0n) is 19.2. The predicted octanol–water partition coefficient (Wildman–Crippen LogP) is 5.45. The van der Waals surface area contributed by atoms with Crippen molar-refractivity contribution < 1.29 is 4.79 Å². The van der Waals surface area contributed by atoms with Crippen LogP contribution in [0.15, 0.2) is 36.4 Å². The summed E-state index contributed by atoms with van der Waals surface area (Å²) in [5.74, 6) is 2.30. The Bertz CT molecular complexity index is 1120. The predicted molar refractivity (Wildman–Crippen MR) is 126 cm³/mol. The van der Waals surface area contributed by atoms with Gasteiger partial charge in [-0.3, -0.25) is 4.79 Å². The molecule has 3 aromatic rings. The van der Waals surface area contributed by atoms with Crippen molar-refractivity contribution in [3.63, 3.8) is 0 Å². The maximum atomic E-state index is 11.7. The van der Waals surface area contributed by atoms with Crippen molar-refractivity contribution in [2.75, 3.05) is 18.4 Å². The molecule has 0 saturated carbocycles. The second-order valence-electron chi connectivity index (χ2n) is 8.91. The van der Waals surface area contributed by atoms with Crippen molar-refractivity contribution in [2.24, 2.45) is 0 Å². The summed E-state index contributed by atoms with van der Waals surface area (Å²) in [5.41, 5.74) is 6.10. The van der Waals surface area contributed by atoms with E-state index in [0.29, 0.717) is 5.92 Å². The number of amides is 1. The molecular formula is C26H32N4O. The molecule has 1 aromatic heterocycles. The molecule has 1 amide bonds. The van der Waals surface area contributed by atoms with Crippen LogP contribution in [0.25, 0.3) is 10.9 Å². The van der Waals surface area contributed by atoms with Crippen LogP contribution in [0.1, 0.15) is 66.7 Å². The van der Waals surface area contributed by atoms with Gasteiger partial charge >= 0.3 is 0 Å². The Kier molecular flexibility index (Phi) is 5.94. The number of fused-ring (bicyclic) bond motifs is 1. The van der Waals surface area contributed by atoms with E-state index in [1.54, 1.807) is 6.92 Å². The zero-order valence-corrected chi connectivity index (χ0v) is 19.2. The highest BCUT2D eigenvalue weighted by Gasteiger charge is 2.24. The summed E-state index contributed by atoms with van der Waals surface area (Å²) in [4.78, 5) is 23.1. The molecule has 1 N–H and O–H groups in total. The fraction of sp³-hybridized carbons (Fsp3) is 0.423. The number of piperidine rings is 1. The Morgan fingerprint density at radius 2 is 1.84 bits per heavy atom. The fourth-order valence-corrected chi connectivity index (χ4v) is 4.70. The van der Waals surface area contributed by atoms with Crippen LogP contribution in [-0.2, 0) is 4.79 Å². The van der Waals surface area contributed by atoms with Gasteiger partial charge in [0.2, 0.25) is 5.91 Å². The topological polar surface area (TPSA) is 58.1 Å². The normalized spacial score (nSPS) is 15.8. The Balaban J connectivity index is 1.68. The average molecular weight is 417 g/mol. The number of nitrogens with zero attached hydrogens (tertiary/aromatic N) is 3. The number of hydrogen-bond acceptors (Lipinski definition) is 4. The second kappa shape index (κ2) is 8.66. The smallest absolute Gasteiger partial charge is 0.219 e. The summed E-state index contributed by atoms with van der Waals surface area (Å²) in [5, 5.41) is 4.71. The number of carbonyl (C=O) groups is 1. The van der Waals surface area contributed by atoms with E-state index in [1.165, 1.54) is 22.3 Å². The van der Waals surface area contributed by atoms with E-state index in [1.807, 2.05) is 11.8 Å². The third-order valence-electron chi connectivity index (χ3n) is 6.47. The van der Waals surface area contributed by atoms with Gasteiger partial charge in [-0.15, -0.1) is 0 Å². The molecular weight excluding hydrogens is 384 g/mol. The number of nitrogens with one attached hydrogen (secondary N) is 1. The third kappa shape index (κ3) is 4.55. The number of aromatic nitrogens is 2. The number of carbonyl (C=O) groups excluding carboxylic acids is 1. The number of benzene rings is 2. The summed E-state index contributed by atoms with van der Waals surface area (Å²) in [6.07, 6.45) is 2.00. The minimum absolute atomic E-state index is 0.140. The van der Waals surface area contributed by atoms with Crippen LogP contribution in [-0.4, -0.2) is 33.9 Å². The molecule has 1 fully saturated rings.